The van der Waals surface area contributed by atoms with Crippen LogP contribution >= 0.6 is 0 Å². The van der Waals surface area contributed by atoms with Crippen LogP contribution in [0.2, 0.25) is 0 Å². The third-order valence-electron chi connectivity index (χ3n) is 4.88. The number of aliphatic imine (C=N–C) groups is 1. The van der Waals surface area contributed by atoms with Crippen LogP contribution in [0.15, 0.2) is 35.5 Å². The van der Waals surface area contributed by atoms with Gasteiger partial charge in [-0.2, -0.15) is 5.10 Å². The molecule has 0 amide bonds. The van der Waals surface area contributed by atoms with Crippen molar-refractivity contribution >= 4 is 23.2 Å². The summed E-state index contributed by atoms with van der Waals surface area (Å²) >= 11 is 0. The van der Waals surface area contributed by atoms with Crippen LogP contribution in [0.3, 0.4) is 0 Å². The number of benzene rings is 1. The molecule has 8 nitrogen and oxygen atoms in total. The number of hydrogen-bond acceptors (Lipinski definition) is 6. The molecule has 1 aromatic carbocycles. The summed E-state index contributed by atoms with van der Waals surface area (Å²) in [7, 11) is 0. The van der Waals surface area contributed by atoms with Gasteiger partial charge in [-0.1, -0.05) is 18.2 Å². The number of H-pyrrole nitrogens is 1. The average Bonchev–Trinajstić information content (AvgIpc) is 3.38. The lowest BCUT2D eigenvalue weighted by molar-refractivity contribution is -0.385. The van der Waals surface area contributed by atoms with Gasteiger partial charge in [-0.15, -0.1) is 0 Å². The van der Waals surface area contributed by atoms with Crippen molar-refractivity contribution in [1.29, 1.82) is 0 Å². The molecule has 1 saturated carbocycles. The molecule has 2 unspecified atom stereocenters. The van der Waals surface area contributed by atoms with E-state index in [1.54, 1.807) is 31.3 Å². The van der Waals surface area contributed by atoms with Crippen molar-refractivity contribution in [3.8, 4) is 0 Å². The Morgan fingerprint density at radius 3 is 2.81 bits per heavy atom. The summed E-state index contributed by atoms with van der Waals surface area (Å²) in [6.07, 6.45) is 3.51. The SMILES string of the molecule is CCOC(=O)C1C(C2CC2)=Nc2[nH]ncc2C1c1ccccc1[N+](=O)[O-]. The highest BCUT2D eigenvalue weighted by Gasteiger charge is 2.47. The van der Waals surface area contributed by atoms with Crippen LogP contribution < -0.4 is 0 Å². The third-order valence-corrected chi connectivity index (χ3v) is 4.88. The van der Waals surface area contributed by atoms with Crippen molar-refractivity contribution in [2.24, 2.45) is 16.8 Å². The van der Waals surface area contributed by atoms with Crippen LogP contribution in [-0.4, -0.2) is 33.4 Å². The summed E-state index contributed by atoms with van der Waals surface area (Å²) in [6, 6.07) is 6.52. The molecule has 134 valence electrons. The predicted molar refractivity (Wildman–Crippen MR) is 93.5 cm³/mol. The second-order valence-corrected chi connectivity index (χ2v) is 6.51. The molecular formula is C18H18N4O4. The molecule has 0 bridgehead atoms. The van der Waals surface area contributed by atoms with Gasteiger partial charge in [-0.05, 0) is 25.7 Å². The van der Waals surface area contributed by atoms with Crippen molar-refractivity contribution in [3.63, 3.8) is 0 Å². The molecule has 8 heteroatoms. The molecule has 0 radical (unpaired) electrons. The number of carbonyl (C=O) groups excluding carboxylic acids is 1. The van der Waals surface area contributed by atoms with E-state index in [1.807, 2.05) is 0 Å². The Balaban J connectivity index is 1.91. The van der Waals surface area contributed by atoms with Crippen molar-refractivity contribution < 1.29 is 14.5 Å². The number of aromatic amines is 1. The maximum absolute atomic E-state index is 12.8. The van der Waals surface area contributed by atoms with E-state index >= 15 is 0 Å². The number of para-hydroxylation sites is 1. The van der Waals surface area contributed by atoms with Crippen LogP contribution in [0.1, 0.15) is 36.8 Å². The molecule has 1 aliphatic heterocycles. The van der Waals surface area contributed by atoms with Gasteiger partial charge in [0.25, 0.3) is 5.69 Å². The number of nitro benzene ring substituents is 1. The van der Waals surface area contributed by atoms with Gasteiger partial charge in [-0.25, -0.2) is 4.99 Å². The van der Waals surface area contributed by atoms with Gasteiger partial charge in [0.2, 0.25) is 0 Å². The van der Waals surface area contributed by atoms with Crippen molar-refractivity contribution in [2.75, 3.05) is 6.61 Å². The van der Waals surface area contributed by atoms with Crippen molar-refractivity contribution in [2.45, 2.75) is 25.7 Å². The van der Waals surface area contributed by atoms with Crippen molar-refractivity contribution in [1.82, 2.24) is 10.2 Å². The number of nitrogens with zero attached hydrogens (tertiary/aromatic N) is 3. The zero-order valence-electron chi connectivity index (χ0n) is 14.2. The van der Waals surface area contributed by atoms with E-state index in [0.717, 1.165) is 18.6 Å². The molecule has 2 atom stereocenters. The second kappa shape index (κ2) is 6.36. The standard InChI is InChI=1S/C18H18N4O4/c1-2-26-18(23)15-14(11-5-3-4-6-13(11)22(24)25)12-9-19-21-17(12)20-16(15)10-7-8-10/h3-6,9-10,14-15H,2,7-8H2,1H3,(H,19,21). The van der Waals surface area contributed by atoms with Gasteiger partial charge in [-0.3, -0.25) is 20.0 Å². The Hall–Kier alpha value is -3.03. The summed E-state index contributed by atoms with van der Waals surface area (Å²) in [5.41, 5.74) is 1.88. The lowest BCUT2D eigenvalue weighted by Gasteiger charge is -2.30. The number of hydrogen-bond donors (Lipinski definition) is 1. The van der Waals surface area contributed by atoms with Crippen LogP contribution in [0.5, 0.6) is 0 Å². The van der Waals surface area contributed by atoms with Crippen LogP contribution in [0.4, 0.5) is 11.5 Å². The maximum atomic E-state index is 12.8. The molecule has 2 aromatic rings. The molecule has 1 N–H and O–H groups in total. The van der Waals surface area contributed by atoms with Gasteiger partial charge in [0.15, 0.2) is 5.82 Å². The van der Waals surface area contributed by atoms with E-state index in [0.29, 0.717) is 16.9 Å². The Morgan fingerprint density at radius 1 is 1.35 bits per heavy atom. The van der Waals surface area contributed by atoms with E-state index in [4.69, 9.17) is 4.74 Å². The summed E-state index contributed by atoms with van der Waals surface area (Å²) < 4.78 is 5.31. The fraction of sp³-hybridized carbons (Fsp3) is 0.389. The zero-order valence-corrected chi connectivity index (χ0v) is 14.2. The van der Waals surface area contributed by atoms with Gasteiger partial charge in [0.05, 0.1) is 17.7 Å². The molecular weight excluding hydrogens is 336 g/mol. The Kier molecular flexibility index (Phi) is 4.02. The monoisotopic (exact) mass is 354 g/mol. The summed E-state index contributed by atoms with van der Waals surface area (Å²) in [5, 5.41) is 18.5. The molecule has 26 heavy (non-hydrogen) atoms. The Morgan fingerprint density at radius 2 is 2.12 bits per heavy atom. The van der Waals surface area contributed by atoms with Crippen LogP contribution in [0.25, 0.3) is 0 Å². The average molecular weight is 354 g/mol. The summed E-state index contributed by atoms with van der Waals surface area (Å²) in [4.78, 5) is 28.6. The molecule has 2 aliphatic rings. The minimum atomic E-state index is -0.673. The van der Waals surface area contributed by atoms with E-state index in [9.17, 15) is 14.9 Å². The molecule has 0 saturated heterocycles. The number of nitrogens with one attached hydrogen (secondary N) is 1. The molecule has 0 spiro atoms. The molecule has 1 aliphatic carbocycles. The van der Waals surface area contributed by atoms with Crippen LogP contribution in [0, 0.1) is 22.0 Å². The van der Waals surface area contributed by atoms with E-state index in [2.05, 4.69) is 15.2 Å². The van der Waals surface area contributed by atoms with Gasteiger partial charge >= 0.3 is 5.97 Å². The van der Waals surface area contributed by atoms with Crippen LogP contribution in [-0.2, 0) is 9.53 Å². The number of carbonyl (C=O) groups is 1. The lowest BCUT2D eigenvalue weighted by atomic mass is 9.75. The third kappa shape index (κ3) is 2.67. The molecule has 2 heterocycles. The predicted octanol–water partition coefficient (Wildman–Crippen LogP) is 3.13. The number of ether oxygens (including phenoxy) is 1. The molecule has 1 fully saturated rings. The first-order valence-electron chi connectivity index (χ1n) is 8.63. The number of fused-ring (bicyclic) bond motifs is 1. The first kappa shape index (κ1) is 16.4. The first-order chi connectivity index (χ1) is 12.6. The molecule has 4 rings (SSSR count). The normalized spacial score (nSPS) is 21.7. The zero-order chi connectivity index (χ0) is 18.3. The maximum Gasteiger partial charge on any atom is 0.315 e. The first-order valence-corrected chi connectivity index (χ1v) is 8.63. The second-order valence-electron chi connectivity index (χ2n) is 6.51. The topological polar surface area (TPSA) is 110 Å². The van der Waals surface area contributed by atoms with Gasteiger partial charge < -0.3 is 4.74 Å². The number of nitro groups is 1. The van der Waals surface area contributed by atoms with Crippen molar-refractivity contribution in [3.05, 3.63) is 51.7 Å². The largest absolute Gasteiger partial charge is 0.465 e. The Labute approximate surface area is 149 Å². The number of rotatable bonds is 5. The van der Waals surface area contributed by atoms with Gasteiger partial charge in [0.1, 0.15) is 5.92 Å². The summed E-state index contributed by atoms with van der Waals surface area (Å²) in [6.45, 7) is 1.99. The number of esters is 1. The van der Waals surface area contributed by atoms with Gasteiger partial charge in [0, 0.05) is 28.8 Å². The fourth-order valence-corrected chi connectivity index (χ4v) is 3.63. The van der Waals surface area contributed by atoms with E-state index < -0.39 is 22.7 Å². The molecule has 1 aromatic heterocycles. The lowest BCUT2D eigenvalue weighted by Crippen LogP contribution is -2.35. The fourth-order valence-electron chi connectivity index (χ4n) is 3.63. The smallest absolute Gasteiger partial charge is 0.315 e. The quantitative estimate of drug-likeness (QED) is 0.504. The number of aromatic nitrogens is 2. The minimum Gasteiger partial charge on any atom is -0.465 e. The van der Waals surface area contributed by atoms with E-state index in [1.165, 1.54) is 6.07 Å². The Bertz CT molecular complexity index is 900. The van der Waals surface area contributed by atoms with E-state index in [-0.39, 0.29) is 18.2 Å². The highest BCUT2D eigenvalue weighted by Crippen LogP contribution is 2.48. The highest BCUT2D eigenvalue weighted by atomic mass is 16.6. The summed E-state index contributed by atoms with van der Waals surface area (Å²) in [5.74, 6) is -0.832. The minimum absolute atomic E-state index is 0.0176. The highest BCUT2D eigenvalue weighted by molar-refractivity contribution is 6.08.